The highest BCUT2D eigenvalue weighted by Gasteiger charge is 2.37. The Bertz CT molecular complexity index is 1600. The molecule has 4 rings (SSSR count). The van der Waals surface area contributed by atoms with Crippen LogP contribution >= 0.6 is 0 Å². The molecule has 1 fully saturated rings. The maximum atomic E-state index is 13.8. The zero-order valence-electron chi connectivity index (χ0n) is 25.4. The Balaban J connectivity index is 1.67. The molecule has 0 bridgehead atoms. The monoisotopic (exact) mass is 636 g/mol. The van der Waals surface area contributed by atoms with E-state index in [0.717, 1.165) is 31.9 Å². The number of nitrogens with one attached hydrogen (secondary N) is 2. The molecule has 16 heteroatoms. The van der Waals surface area contributed by atoms with Gasteiger partial charge in [0.1, 0.15) is 28.6 Å². The van der Waals surface area contributed by atoms with E-state index in [2.05, 4.69) is 21.6 Å². The topological polar surface area (TPSA) is 180 Å². The summed E-state index contributed by atoms with van der Waals surface area (Å²) in [6.07, 6.45) is 4.14. The molecule has 3 aromatic rings. The molecule has 1 atom stereocenters. The summed E-state index contributed by atoms with van der Waals surface area (Å²) >= 11 is 0. The van der Waals surface area contributed by atoms with Crippen LogP contribution in [0.1, 0.15) is 52.0 Å². The molecule has 0 aliphatic carbocycles. The SMILES string of the molecule is CCCOc1ccc(S(=O)(=O)N2CCC(C(CON[O-])O[N+](=O)OC)CC2)cc1-c1nc2c(CCC)cn(CC)c2c(=O)[nH]1. The molecule has 2 N–H and O–H groups in total. The Morgan fingerprint density at radius 3 is 2.59 bits per heavy atom. The van der Waals surface area contributed by atoms with Gasteiger partial charge in [0.15, 0.2) is 7.11 Å². The molecule has 3 heterocycles. The van der Waals surface area contributed by atoms with Crippen LogP contribution in [0.15, 0.2) is 34.1 Å². The molecular formula is C28H40N6O9S. The van der Waals surface area contributed by atoms with E-state index in [4.69, 9.17) is 14.6 Å². The Labute approximate surface area is 255 Å². The molecule has 15 nitrogen and oxygen atoms in total. The van der Waals surface area contributed by atoms with Crippen LogP contribution in [0.3, 0.4) is 0 Å². The van der Waals surface area contributed by atoms with E-state index in [9.17, 15) is 23.3 Å². The molecule has 0 spiro atoms. The van der Waals surface area contributed by atoms with Crippen LogP contribution in [0, 0.1) is 16.0 Å². The molecule has 0 radical (unpaired) electrons. The number of H-pyrrole nitrogens is 1. The molecule has 242 valence electrons. The summed E-state index contributed by atoms with van der Waals surface area (Å²) in [7, 11) is -2.84. The summed E-state index contributed by atoms with van der Waals surface area (Å²) in [4.78, 5) is 47.0. The molecule has 2 aromatic heterocycles. The van der Waals surface area contributed by atoms with Gasteiger partial charge in [-0.05, 0) is 56.4 Å². The van der Waals surface area contributed by atoms with Crippen molar-refractivity contribution in [3.05, 3.63) is 50.4 Å². The lowest BCUT2D eigenvalue weighted by Gasteiger charge is -2.33. The van der Waals surface area contributed by atoms with Crippen molar-refractivity contribution in [1.82, 2.24) is 24.5 Å². The van der Waals surface area contributed by atoms with Crippen molar-refractivity contribution >= 4 is 21.1 Å². The van der Waals surface area contributed by atoms with Crippen molar-refractivity contribution in [3.63, 3.8) is 0 Å². The fourth-order valence-corrected chi connectivity index (χ4v) is 6.95. The van der Waals surface area contributed by atoms with Gasteiger partial charge in [-0.25, -0.2) is 13.4 Å². The number of piperidine rings is 1. The van der Waals surface area contributed by atoms with Crippen LogP contribution in [0.4, 0.5) is 0 Å². The first-order valence-corrected chi connectivity index (χ1v) is 16.2. The van der Waals surface area contributed by atoms with E-state index in [1.807, 2.05) is 24.6 Å². The van der Waals surface area contributed by atoms with Gasteiger partial charge in [-0.1, -0.05) is 20.3 Å². The van der Waals surface area contributed by atoms with E-state index in [-0.39, 0.29) is 47.0 Å². The summed E-state index contributed by atoms with van der Waals surface area (Å²) in [5.41, 5.74) is 3.37. The lowest BCUT2D eigenvalue weighted by molar-refractivity contribution is -0.983. The maximum Gasteiger partial charge on any atom is 0.477 e. The highest BCUT2D eigenvalue weighted by molar-refractivity contribution is 7.89. The second kappa shape index (κ2) is 14.9. The van der Waals surface area contributed by atoms with Gasteiger partial charge in [0.2, 0.25) is 16.1 Å². The molecule has 0 saturated carbocycles. The minimum Gasteiger partial charge on any atom is -0.765 e. The molecular weight excluding hydrogens is 596 g/mol. The van der Waals surface area contributed by atoms with Gasteiger partial charge in [0, 0.05) is 31.7 Å². The van der Waals surface area contributed by atoms with Crippen LogP contribution in [-0.4, -0.2) is 71.9 Å². The second-order valence-corrected chi connectivity index (χ2v) is 12.4. The number of fused-ring (bicyclic) bond motifs is 1. The summed E-state index contributed by atoms with van der Waals surface area (Å²) in [5.74, 6) is 0.352. The largest absolute Gasteiger partial charge is 0.765 e. The minimum atomic E-state index is -3.97. The average Bonchev–Trinajstić information content (AvgIpc) is 3.39. The lowest BCUT2D eigenvalue weighted by Crippen LogP contribution is -2.44. The van der Waals surface area contributed by atoms with Crippen LogP contribution in [-0.2, 0) is 37.5 Å². The Kier molecular flexibility index (Phi) is 11.3. The molecule has 44 heavy (non-hydrogen) atoms. The number of aromatic amines is 1. The fourth-order valence-electron chi connectivity index (χ4n) is 5.45. The number of hydrogen-bond donors (Lipinski definition) is 2. The third-order valence-electron chi connectivity index (χ3n) is 7.67. The van der Waals surface area contributed by atoms with Gasteiger partial charge in [0.25, 0.3) is 5.56 Å². The third-order valence-corrected chi connectivity index (χ3v) is 9.56. The Morgan fingerprint density at radius 2 is 1.95 bits per heavy atom. The summed E-state index contributed by atoms with van der Waals surface area (Å²) in [6, 6.07) is 4.56. The molecule has 1 saturated heterocycles. The first-order chi connectivity index (χ1) is 21.2. The van der Waals surface area contributed by atoms with E-state index in [1.165, 1.54) is 22.1 Å². The van der Waals surface area contributed by atoms with Crippen molar-refractivity contribution < 1.29 is 32.8 Å². The standard InChI is InChI=1S/C28H40N6O9S/c1-5-8-20-17-32(7-3)26-25(20)29-27(30-28(26)35)22-16-21(9-10-23(22)41-15-6-2)44(38,39)33-13-11-19(12-14-33)24(18-42-31-36)43-34(37)40-4/h9-10,16-17,19,24,31H,5-8,11-15,18H2,1-4H3,(H,29,30,35). The van der Waals surface area contributed by atoms with Crippen LogP contribution in [0.25, 0.3) is 22.4 Å². The highest BCUT2D eigenvalue weighted by atomic mass is 32.2. The first kappa shape index (κ1) is 33.3. The lowest BCUT2D eigenvalue weighted by atomic mass is 9.92. The Hall–Kier alpha value is -3.57. The van der Waals surface area contributed by atoms with Crippen molar-refractivity contribution in [2.24, 2.45) is 5.92 Å². The number of hydrogen-bond acceptors (Lipinski definition) is 11. The summed E-state index contributed by atoms with van der Waals surface area (Å²) < 4.78 is 36.8. The van der Waals surface area contributed by atoms with Gasteiger partial charge in [-0.3, -0.25) is 10.4 Å². The minimum absolute atomic E-state index is 0.0225. The van der Waals surface area contributed by atoms with E-state index < -0.39 is 16.1 Å². The maximum absolute atomic E-state index is 13.8. The number of sulfonamides is 1. The van der Waals surface area contributed by atoms with Crippen LogP contribution in [0.2, 0.25) is 0 Å². The van der Waals surface area contributed by atoms with Gasteiger partial charge in [0.05, 0.1) is 22.6 Å². The Morgan fingerprint density at radius 1 is 1.20 bits per heavy atom. The average molecular weight is 637 g/mol. The summed E-state index contributed by atoms with van der Waals surface area (Å²) in [6.45, 7) is 7.02. The fraction of sp³-hybridized carbons (Fsp3) is 0.571. The molecule has 1 unspecified atom stereocenters. The van der Waals surface area contributed by atoms with Crippen molar-refractivity contribution in [3.8, 4) is 17.1 Å². The van der Waals surface area contributed by atoms with Gasteiger partial charge in [-0.15, -0.1) is 0 Å². The number of benzene rings is 1. The highest BCUT2D eigenvalue weighted by Crippen LogP contribution is 2.34. The predicted molar refractivity (Wildman–Crippen MR) is 161 cm³/mol. The molecule has 1 aliphatic heterocycles. The zero-order valence-corrected chi connectivity index (χ0v) is 26.2. The second-order valence-electron chi connectivity index (χ2n) is 10.5. The van der Waals surface area contributed by atoms with Crippen LogP contribution < -0.4 is 15.9 Å². The third kappa shape index (κ3) is 7.21. The van der Waals surface area contributed by atoms with E-state index in [0.29, 0.717) is 48.3 Å². The van der Waals surface area contributed by atoms with Gasteiger partial charge >= 0.3 is 5.09 Å². The number of rotatable bonds is 16. The quantitative estimate of drug-likeness (QED) is 0.220. The summed E-state index contributed by atoms with van der Waals surface area (Å²) in [5, 5.41) is 10.5. The molecule has 1 aromatic carbocycles. The van der Waals surface area contributed by atoms with Gasteiger partial charge < -0.3 is 24.3 Å². The van der Waals surface area contributed by atoms with Crippen LogP contribution in [0.5, 0.6) is 5.75 Å². The normalized spacial score (nSPS) is 15.4. The van der Waals surface area contributed by atoms with E-state index >= 15 is 0 Å². The number of nitrogens with zero attached hydrogens (tertiary/aromatic N) is 4. The van der Waals surface area contributed by atoms with Crippen molar-refractivity contribution in [1.29, 1.82) is 0 Å². The number of aryl methyl sites for hydroxylation is 2. The zero-order chi connectivity index (χ0) is 31.9. The first-order valence-electron chi connectivity index (χ1n) is 14.7. The predicted octanol–water partition coefficient (Wildman–Crippen LogP) is 3.21. The smallest absolute Gasteiger partial charge is 0.477 e. The number of aromatic nitrogens is 3. The number of ether oxygens (including phenoxy) is 1. The van der Waals surface area contributed by atoms with E-state index in [1.54, 1.807) is 6.07 Å². The molecule has 1 aliphatic rings. The van der Waals surface area contributed by atoms with Crippen molar-refractivity contribution in [2.45, 2.75) is 70.4 Å². The van der Waals surface area contributed by atoms with Crippen molar-refractivity contribution in [2.75, 3.05) is 33.4 Å². The molecule has 0 amide bonds. The van der Waals surface area contributed by atoms with Gasteiger partial charge in [-0.2, -0.15) is 14.0 Å².